The Hall–Kier alpha value is -2.67. The van der Waals surface area contributed by atoms with E-state index in [1.54, 1.807) is 12.4 Å². The van der Waals surface area contributed by atoms with Gasteiger partial charge < -0.3 is 9.47 Å². The molecule has 4 rings (SSSR count). The van der Waals surface area contributed by atoms with Gasteiger partial charge in [0.05, 0.1) is 5.75 Å². The molecule has 0 radical (unpaired) electrons. The van der Waals surface area contributed by atoms with Gasteiger partial charge in [0, 0.05) is 36.2 Å². The van der Waals surface area contributed by atoms with Crippen molar-refractivity contribution in [3.63, 3.8) is 0 Å². The summed E-state index contributed by atoms with van der Waals surface area (Å²) in [6, 6.07) is 12.2. The lowest BCUT2D eigenvalue weighted by Gasteiger charge is -2.22. The summed E-state index contributed by atoms with van der Waals surface area (Å²) in [5.41, 5.74) is 3.21. The molecule has 0 aliphatic carbocycles. The summed E-state index contributed by atoms with van der Waals surface area (Å²) in [4.78, 5) is 19.1. The highest BCUT2D eigenvalue weighted by Gasteiger charge is 2.30. The normalized spacial score (nSPS) is 15.6. The lowest BCUT2D eigenvalue weighted by atomic mass is 10.1. The van der Waals surface area contributed by atoms with Crippen molar-refractivity contribution in [3.05, 3.63) is 54.4 Å². The minimum Gasteiger partial charge on any atom is -0.308 e. The lowest BCUT2D eigenvalue weighted by Crippen LogP contribution is -2.37. The standard InChI is InChI=1S/C21H23N5OS/c1-3-11-25-20(17-8-6-10-22-13-17)23-24-21(25)28-14-19(27)26-15(2)12-16-7-4-5-9-18(16)26/h4-10,13,15H,3,11-12,14H2,1-2H3. The first-order valence-electron chi connectivity index (χ1n) is 9.55. The van der Waals surface area contributed by atoms with Gasteiger partial charge in [-0.25, -0.2) is 0 Å². The van der Waals surface area contributed by atoms with Crippen LogP contribution in [-0.4, -0.2) is 37.5 Å². The molecule has 28 heavy (non-hydrogen) atoms. The quantitative estimate of drug-likeness (QED) is 0.596. The third kappa shape index (κ3) is 3.54. The number of benzene rings is 1. The van der Waals surface area contributed by atoms with Crippen LogP contribution in [0, 0.1) is 0 Å². The Labute approximate surface area is 169 Å². The molecule has 0 bridgehead atoms. The van der Waals surface area contributed by atoms with Crippen molar-refractivity contribution in [2.45, 2.75) is 44.4 Å². The van der Waals surface area contributed by atoms with Crippen molar-refractivity contribution in [1.82, 2.24) is 19.7 Å². The molecule has 1 aliphatic heterocycles. The smallest absolute Gasteiger partial charge is 0.237 e. The topological polar surface area (TPSA) is 63.9 Å². The van der Waals surface area contributed by atoms with Crippen LogP contribution in [0.3, 0.4) is 0 Å². The lowest BCUT2D eigenvalue weighted by molar-refractivity contribution is -0.116. The Kier molecular flexibility index (Phi) is 5.43. The van der Waals surface area contributed by atoms with Gasteiger partial charge in [-0.3, -0.25) is 9.78 Å². The average Bonchev–Trinajstić information content (AvgIpc) is 3.27. The molecule has 1 aliphatic rings. The van der Waals surface area contributed by atoms with Crippen molar-refractivity contribution >= 4 is 23.4 Å². The predicted molar refractivity (Wildman–Crippen MR) is 111 cm³/mol. The average molecular weight is 394 g/mol. The fraction of sp³-hybridized carbons (Fsp3) is 0.333. The van der Waals surface area contributed by atoms with E-state index in [0.717, 1.165) is 41.6 Å². The molecule has 144 valence electrons. The number of carbonyl (C=O) groups is 1. The van der Waals surface area contributed by atoms with Crippen LogP contribution in [0.2, 0.25) is 0 Å². The molecule has 0 N–H and O–H groups in total. The van der Waals surface area contributed by atoms with E-state index in [1.807, 2.05) is 35.2 Å². The summed E-state index contributed by atoms with van der Waals surface area (Å²) in [5.74, 6) is 1.24. The molecule has 3 heterocycles. The Morgan fingerprint density at radius 3 is 2.86 bits per heavy atom. The van der Waals surface area contributed by atoms with Crippen molar-refractivity contribution in [2.75, 3.05) is 10.7 Å². The van der Waals surface area contributed by atoms with Gasteiger partial charge in [-0.1, -0.05) is 36.9 Å². The number of anilines is 1. The third-order valence-corrected chi connectivity index (χ3v) is 5.84. The maximum Gasteiger partial charge on any atom is 0.237 e. The van der Waals surface area contributed by atoms with E-state index in [9.17, 15) is 4.79 Å². The number of amides is 1. The largest absolute Gasteiger partial charge is 0.308 e. The van der Waals surface area contributed by atoms with Gasteiger partial charge in [0.1, 0.15) is 0 Å². The Bertz CT molecular complexity index is 972. The van der Waals surface area contributed by atoms with Crippen LogP contribution in [0.25, 0.3) is 11.4 Å². The van der Waals surface area contributed by atoms with Crippen LogP contribution < -0.4 is 4.90 Å². The summed E-state index contributed by atoms with van der Waals surface area (Å²) in [6.45, 7) is 5.02. The fourth-order valence-electron chi connectivity index (χ4n) is 3.67. The minimum atomic E-state index is 0.108. The monoisotopic (exact) mass is 393 g/mol. The van der Waals surface area contributed by atoms with Gasteiger partial charge in [0.25, 0.3) is 0 Å². The second kappa shape index (κ2) is 8.14. The van der Waals surface area contributed by atoms with E-state index in [4.69, 9.17) is 0 Å². The molecule has 1 amide bonds. The van der Waals surface area contributed by atoms with Gasteiger partial charge in [-0.05, 0) is 43.5 Å². The molecule has 1 atom stereocenters. The van der Waals surface area contributed by atoms with Crippen LogP contribution in [0.4, 0.5) is 5.69 Å². The number of aromatic nitrogens is 4. The van der Waals surface area contributed by atoms with E-state index in [2.05, 4.69) is 39.7 Å². The predicted octanol–water partition coefficient (Wildman–Crippen LogP) is 3.82. The summed E-state index contributed by atoms with van der Waals surface area (Å²) in [7, 11) is 0. The maximum absolute atomic E-state index is 13.0. The fourth-order valence-corrected chi connectivity index (χ4v) is 4.49. The summed E-state index contributed by atoms with van der Waals surface area (Å²) >= 11 is 1.45. The molecule has 7 heteroatoms. The van der Waals surface area contributed by atoms with E-state index >= 15 is 0 Å². The number of pyridine rings is 1. The van der Waals surface area contributed by atoms with E-state index < -0.39 is 0 Å². The highest BCUT2D eigenvalue weighted by atomic mass is 32.2. The Morgan fingerprint density at radius 2 is 2.07 bits per heavy atom. The number of fused-ring (bicyclic) bond motifs is 1. The highest BCUT2D eigenvalue weighted by molar-refractivity contribution is 7.99. The molecule has 6 nitrogen and oxygen atoms in total. The third-order valence-electron chi connectivity index (χ3n) is 4.88. The summed E-state index contributed by atoms with van der Waals surface area (Å²) < 4.78 is 2.08. The van der Waals surface area contributed by atoms with Crippen LogP contribution >= 0.6 is 11.8 Å². The second-order valence-corrected chi connectivity index (χ2v) is 7.88. The van der Waals surface area contributed by atoms with Gasteiger partial charge in [-0.15, -0.1) is 10.2 Å². The van der Waals surface area contributed by atoms with E-state index in [-0.39, 0.29) is 11.9 Å². The highest BCUT2D eigenvalue weighted by Crippen LogP contribution is 2.33. The molecule has 0 saturated heterocycles. The maximum atomic E-state index is 13.0. The summed E-state index contributed by atoms with van der Waals surface area (Å²) in [6.07, 6.45) is 5.40. The van der Waals surface area contributed by atoms with Crippen LogP contribution in [0.5, 0.6) is 0 Å². The Morgan fingerprint density at radius 1 is 1.21 bits per heavy atom. The van der Waals surface area contributed by atoms with Crippen molar-refractivity contribution in [1.29, 1.82) is 0 Å². The van der Waals surface area contributed by atoms with Crippen molar-refractivity contribution in [3.8, 4) is 11.4 Å². The molecule has 0 saturated carbocycles. The zero-order chi connectivity index (χ0) is 19.5. The number of hydrogen-bond acceptors (Lipinski definition) is 5. The molecular weight excluding hydrogens is 370 g/mol. The summed E-state index contributed by atoms with van der Waals surface area (Å²) in [5, 5.41) is 9.48. The molecule has 2 aromatic heterocycles. The van der Waals surface area contributed by atoms with Crippen LogP contribution in [0.1, 0.15) is 25.8 Å². The molecule has 0 fully saturated rings. The number of para-hydroxylation sites is 1. The van der Waals surface area contributed by atoms with E-state index in [0.29, 0.717) is 5.75 Å². The number of carbonyl (C=O) groups excluding carboxylic acids is 1. The first kappa shape index (κ1) is 18.7. The molecule has 3 aromatic rings. The van der Waals surface area contributed by atoms with Gasteiger partial charge >= 0.3 is 0 Å². The van der Waals surface area contributed by atoms with Gasteiger partial charge in [0.15, 0.2) is 11.0 Å². The number of thioether (sulfide) groups is 1. The first-order chi connectivity index (χ1) is 13.7. The zero-order valence-electron chi connectivity index (χ0n) is 16.1. The molecule has 0 spiro atoms. The SMILES string of the molecule is CCCn1c(SCC(=O)N2c3ccccc3CC2C)nnc1-c1cccnc1. The minimum absolute atomic E-state index is 0.108. The Balaban J connectivity index is 1.52. The first-order valence-corrected chi connectivity index (χ1v) is 10.5. The van der Waals surface area contributed by atoms with Crippen molar-refractivity contribution < 1.29 is 4.79 Å². The molecule has 1 aromatic carbocycles. The number of rotatable bonds is 6. The van der Waals surface area contributed by atoms with Gasteiger partial charge in [0.2, 0.25) is 5.91 Å². The van der Waals surface area contributed by atoms with Gasteiger partial charge in [-0.2, -0.15) is 0 Å². The number of nitrogens with zero attached hydrogens (tertiary/aromatic N) is 5. The molecular formula is C21H23N5OS. The molecule has 1 unspecified atom stereocenters. The second-order valence-electron chi connectivity index (χ2n) is 6.93. The van der Waals surface area contributed by atoms with Crippen LogP contribution in [0.15, 0.2) is 53.9 Å². The van der Waals surface area contributed by atoms with Crippen LogP contribution in [-0.2, 0) is 17.8 Å². The van der Waals surface area contributed by atoms with E-state index in [1.165, 1.54) is 17.3 Å². The number of hydrogen-bond donors (Lipinski definition) is 0. The van der Waals surface area contributed by atoms with Crippen molar-refractivity contribution in [2.24, 2.45) is 0 Å². The zero-order valence-corrected chi connectivity index (χ0v) is 16.9.